The van der Waals surface area contributed by atoms with Gasteiger partial charge in [0.15, 0.2) is 0 Å². The highest BCUT2D eigenvalue weighted by Gasteiger charge is 1.89. The molecule has 0 unspecified atom stereocenters. The molecule has 0 amide bonds. The summed E-state index contributed by atoms with van der Waals surface area (Å²) in [5.74, 6) is -0.978. The van der Waals surface area contributed by atoms with Crippen molar-refractivity contribution in [2.45, 2.75) is 58.3 Å². The Kier molecular flexibility index (Phi) is 16.4. The van der Waals surface area contributed by atoms with Crippen LogP contribution in [0.25, 0.3) is 0 Å². The van der Waals surface area contributed by atoms with Crippen LogP contribution in [-0.2, 0) is 4.79 Å². The number of carbonyl (C=O) groups is 1. The van der Waals surface area contributed by atoms with Crippen LogP contribution in [0, 0.1) is 0 Å². The average Bonchev–Trinajstić information content (AvgIpc) is 2.58. The lowest BCUT2D eigenvalue weighted by molar-refractivity contribution is -0.294. The third kappa shape index (κ3) is 19.7. The molecule has 3 heteroatoms. The summed E-state index contributed by atoms with van der Waals surface area (Å²) >= 11 is 0. The fraction of sp³-hybridized carbons (Fsp3) is 0.409. The van der Waals surface area contributed by atoms with E-state index in [-0.39, 0.29) is 5.76 Å². The zero-order valence-electron chi connectivity index (χ0n) is 15.3. The Morgan fingerprint density at radius 2 is 1.36 bits per heavy atom. The second kappa shape index (κ2) is 18.1. The Hall–Kier alpha value is -2.29. The maximum absolute atomic E-state index is 11.6. The van der Waals surface area contributed by atoms with Gasteiger partial charge in [-0.25, -0.2) is 4.79 Å². The number of unbranched alkanes of at least 4 members (excludes halogenated alkanes) is 7. The van der Waals surface area contributed by atoms with Crippen molar-refractivity contribution < 1.29 is 15.0 Å². The molecule has 0 aromatic carbocycles. The van der Waals surface area contributed by atoms with Gasteiger partial charge in [0.05, 0.1) is 0 Å². The van der Waals surface area contributed by atoms with Gasteiger partial charge in [-0.05, 0) is 12.8 Å². The molecule has 1 N–H and O–H groups in total. The molecule has 0 aliphatic heterocycles. The molecule has 3 nitrogen and oxygen atoms in total. The minimum Gasteiger partial charge on any atom is -0.872 e. The Bertz CT molecular complexity index is 505. The molecule has 0 fully saturated rings. The molecule has 0 aromatic rings. The van der Waals surface area contributed by atoms with Crippen molar-refractivity contribution >= 4 is 5.97 Å². The molecule has 0 heterocycles. The van der Waals surface area contributed by atoms with E-state index in [0.717, 1.165) is 18.9 Å². The second-order valence-corrected chi connectivity index (χ2v) is 5.73. The van der Waals surface area contributed by atoms with Crippen LogP contribution in [0.1, 0.15) is 58.3 Å². The minimum absolute atomic E-state index is 0.00692. The van der Waals surface area contributed by atoms with Gasteiger partial charge >= 0.3 is 5.97 Å². The van der Waals surface area contributed by atoms with Crippen molar-refractivity contribution in [3.63, 3.8) is 0 Å². The Labute approximate surface area is 152 Å². The summed E-state index contributed by atoms with van der Waals surface area (Å²) in [6.45, 7) is 2.23. The van der Waals surface area contributed by atoms with E-state index in [4.69, 9.17) is 5.11 Å². The van der Waals surface area contributed by atoms with Crippen molar-refractivity contribution in [1.82, 2.24) is 0 Å². The predicted molar refractivity (Wildman–Crippen MR) is 104 cm³/mol. The van der Waals surface area contributed by atoms with Gasteiger partial charge in [0.1, 0.15) is 0 Å². The lowest BCUT2D eigenvalue weighted by atomic mass is 10.1. The molecule has 0 bridgehead atoms. The maximum Gasteiger partial charge on any atom is 0.328 e. The van der Waals surface area contributed by atoms with Gasteiger partial charge in [-0.2, -0.15) is 0 Å². The van der Waals surface area contributed by atoms with Gasteiger partial charge in [-0.15, -0.1) is 5.76 Å². The quantitative estimate of drug-likeness (QED) is 0.203. The molecule has 0 rings (SSSR count). The first-order valence-electron chi connectivity index (χ1n) is 9.11. The zero-order chi connectivity index (χ0) is 18.6. The van der Waals surface area contributed by atoms with E-state index in [9.17, 15) is 9.90 Å². The van der Waals surface area contributed by atoms with Crippen LogP contribution in [0.3, 0.4) is 0 Å². The minimum atomic E-state index is -0.971. The van der Waals surface area contributed by atoms with Crippen LogP contribution < -0.4 is 5.11 Å². The molecule has 138 valence electrons. The summed E-state index contributed by atoms with van der Waals surface area (Å²) in [5.41, 5.74) is 0. The van der Waals surface area contributed by atoms with Crippen molar-refractivity contribution in [1.29, 1.82) is 0 Å². The number of aliphatic carboxylic acids is 1. The third-order valence-corrected chi connectivity index (χ3v) is 3.42. The molecular weight excluding hydrogens is 312 g/mol. The topological polar surface area (TPSA) is 60.4 Å². The summed E-state index contributed by atoms with van der Waals surface area (Å²) in [4.78, 5) is 10.2. The van der Waals surface area contributed by atoms with Crippen molar-refractivity contribution in [3.8, 4) is 0 Å². The fourth-order valence-electron chi connectivity index (χ4n) is 2.08. The van der Waals surface area contributed by atoms with E-state index in [1.807, 2.05) is 6.08 Å². The van der Waals surface area contributed by atoms with E-state index in [1.165, 1.54) is 50.7 Å². The van der Waals surface area contributed by atoms with Gasteiger partial charge in [0, 0.05) is 6.08 Å². The first-order valence-corrected chi connectivity index (χ1v) is 9.11. The molecule has 0 spiro atoms. The summed E-state index contributed by atoms with van der Waals surface area (Å²) in [6.07, 6.45) is 27.9. The van der Waals surface area contributed by atoms with E-state index in [0.29, 0.717) is 0 Å². The summed E-state index contributed by atoms with van der Waals surface area (Å²) in [7, 11) is 0. The largest absolute Gasteiger partial charge is 0.872 e. The molecule has 25 heavy (non-hydrogen) atoms. The molecular formula is C22H31O3-. The molecule has 0 saturated carbocycles. The SMILES string of the molecule is CCCCCCCCCC=C/C([O-])=C/C=C/C=C/C=C/C=C/C(=O)O. The van der Waals surface area contributed by atoms with Crippen molar-refractivity contribution in [2.75, 3.05) is 0 Å². The first kappa shape index (κ1) is 22.7. The normalized spacial score (nSPS) is 13.4. The van der Waals surface area contributed by atoms with Crippen molar-refractivity contribution in [2.24, 2.45) is 0 Å². The summed E-state index contributed by atoms with van der Waals surface area (Å²) < 4.78 is 0. The number of carboxylic acids is 1. The molecule has 0 aliphatic rings. The van der Waals surface area contributed by atoms with Crippen LogP contribution in [0.4, 0.5) is 0 Å². The van der Waals surface area contributed by atoms with Crippen LogP contribution in [-0.4, -0.2) is 11.1 Å². The monoisotopic (exact) mass is 343 g/mol. The number of allylic oxidation sites excluding steroid dienone is 10. The van der Waals surface area contributed by atoms with Gasteiger partial charge in [-0.1, -0.05) is 106 Å². The fourth-order valence-corrected chi connectivity index (χ4v) is 2.08. The van der Waals surface area contributed by atoms with E-state index in [1.54, 1.807) is 42.5 Å². The number of carboxylic acid groups (broad SMARTS) is 1. The first-order chi connectivity index (χ1) is 12.2. The lowest BCUT2D eigenvalue weighted by Crippen LogP contribution is -1.98. The predicted octanol–water partition coefficient (Wildman–Crippen LogP) is 5.24. The van der Waals surface area contributed by atoms with Crippen LogP contribution in [0.15, 0.2) is 72.6 Å². The molecule has 0 radical (unpaired) electrons. The Balaban J connectivity index is 3.80. The average molecular weight is 343 g/mol. The third-order valence-electron chi connectivity index (χ3n) is 3.42. The Morgan fingerprint density at radius 3 is 2.00 bits per heavy atom. The van der Waals surface area contributed by atoms with Crippen LogP contribution in [0.2, 0.25) is 0 Å². The standard InChI is InChI=1S/C22H32O3/c1-2-3-4-5-6-7-9-12-15-18-21(23)19-16-13-10-8-11-14-17-20-22(24)25/h8,10-11,13-20,23H,2-7,9,12H2,1H3,(H,24,25)/p-1/b10-8+,14-11+,16-13+,18-15?,20-17+,21-19-. The molecule has 0 aromatic heterocycles. The van der Waals surface area contributed by atoms with E-state index >= 15 is 0 Å². The van der Waals surface area contributed by atoms with Gasteiger partial charge in [-0.3, -0.25) is 0 Å². The summed E-state index contributed by atoms with van der Waals surface area (Å²) in [5, 5.41) is 20.0. The lowest BCUT2D eigenvalue weighted by Gasteiger charge is -2.03. The van der Waals surface area contributed by atoms with Gasteiger partial charge in [0.25, 0.3) is 0 Å². The zero-order valence-corrected chi connectivity index (χ0v) is 15.3. The van der Waals surface area contributed by atoms with E-state index < -0.39 is 5.97 Å². The highest BCUT2D eigenvalue weighted by Crippen LogP contribution is 2.08. The van der Waals surface area contributed by atoms with Crippen LogP contribution in [0.5, 0.6) is 0 Å². The smallest absolute Gasteiger partial charge is 0.328 e. The summed E-state index contributed by atoms with van der Waals surface area (Å²) in [6, 6.07) is 0. The number of rotatable bonds is 14. The van der Waals surface area contributed by atoms with Gasteiger partial charge < -0.3 is 10.2 Å². The van der Waals surface area contributed by atoms with Crippen molar-refractivity contribution in [3.05, 3.63) is 72.6 Å². The highest BCUT2D eigenvalue weighted by molar-refractivity contribution is 5.80. The van der Waals surface area contributed by atoms with Crippen LogP contribution >= 0.6 is 0 Å². The second-order valence-electron chi connectivity index (χ2n) is 5.73. The molecule has 0 aliphatic carbocycles. The highest BCUT2D eigenvalue weighted by atomic mass is 16.4. The maximum atomic E-state index is 11.6. The molecule has 0 saturated heterocycles. The van der Waals surface area contributed by atoms with E-state index in [2.05, 4.69) is 6.92 Å². The van der Waals surface area contributed by atoms with Gasteiger partial charge in [0.2, 0.25) is 0 Å². The Morgan fingerprint density at radius 1 is 0.800 bits per heavy atom. The number of hydrogen-bond acceptors (Lipinski definition) is 2. The molecule has 0 atom stereocenters. The number of hydrogen-bond donors (Lipinski definition) is 1.